The molecule has 0 unspecified atom stereocenters. The molecule has 0 amide bonds. The number of aromatic nitrogens is 2. The molecule has 8 heteroatoms. The Kier molecular flexibility index (Phi) is 4.24. The van der Waals surface area contributed by atoms with E-state index >= 15 is 0 Å². The second-order valence-electron chi connectivity index (χ2n) is 5.62. The number of ether oxygens (including phenoxy) is 1. The van der Waals surface area contributed by atoms with Crippen LogP contribution in [0.15, 0.2) is 40.9 Å². The number of nitrogen functional groups attached to an aromatic ring is 1. The normalized spacial score (nSPS) is 14.3. The molecule has 0 radical (unpaired) electrons. The number of halogens is 2. The lowest BCUT2D eigenvalue weighted by Crippen LogP contribution is -2.23. The van der Waals surface area contributed by atoms with Crippen LogP contribution in [-0.4, -0.2) is 23.1 Å². The van der Waals surface area contributed by atoms with Crippen LogP contribution in [0.3, 0.4) is 0 Å². The average molecular weight is 404 g/mol. The zero-order chi connectivity index (χ0) is 17.4. The van der Waals surface area contributed by atoms with Gasteiger partial charge in [0.1, 0.15) is 11.6 Å². The Hall–Kier alpha value is -2.29. The summed E-state index contributed by atoms with van der Waals surface area (Å²) in [5.74, 6) is 6.04. The van der Waals surface area contributed by atoms with Gasteiger partial charge in [-0.1, -0.05) is 22.0 Å². The maximum Gasteiger partial charge on any atom is 0.239 e. The fourth-order valence-corrected chi connectivity index (χ4v) is 3.44. The van der Waals surface area contributed by atoms with E-state index in [0.29, 0.717) is 36.5 Å². The molecule has 0 saturated heterocycles. The summed E-state index contributed by atoms with van der Waals surface area (Å²) in [6, 6.07) is 10.3. The van der Waals surface area contributed by atoms with Gasteiger partial charge in [0.05, 0.1) is 18.7 Å². The molecule has 1 aromatic heterocycles. The quantitative estimate of drug-likeness (QED) is 0.503. The molecule has 2 heterocycles. The number of hydrogen-bond donors (Lipinski definition) is 2. The van der Waals surface area contributed by atoms with Gasteiger partial charge in [-0.05, 0) is 30.3 Å². The van der Waals surface area contributed by atoms with Gasteiger partial charge in [0, 0.05) is 27.7 Å². The van der Waals surface area contributed by atoms with Crippen molar-refractivity contribution >= 4 is 44.3 Å². The first-order valence-electron chi connectivity index (χ1n) is 7.74. The van der Waals surface area contributed by atoms with Crippen molar-refractivity contribution in [2.45, 2.75) is 6.61 Å². The van der Waals surface area contributed by atoms with Crippen molar-refractivity contribution in [2.75, 3.05) is 23.5 Å². The van der Waals surface area contributed by atoms with Gasteiger partial charge in [-0.15, -0.1) is 0 Å². The summed E-state index contributed by atoms with van der Waals surface area (Å²) in [6.07, 6.45) is 0. The Bertz CT molecular complexity index is 952. The van der Waals surface area contributed by atoms with Crippen LogP contribution in [0.1, 0.15) is 5.56 Å². The standard InChI is InChI=1S/C17H15BrFN5O/c18-13-2-1-3-15-12(13)9-25-7-6-24(15)16-11-8-10(19)4-5-14(11)21-17(22-16)23-20/h1-5,8H,6-7,9,20H2,(H,21,22,23). The summed E-state index contributed by atoms with van der Waals surface area (Å²) in [4.78, 5) is 10.8. The number of rotatable bonds is 2. The van der Waals surface area contributed by atoms with Crippen molar-refractivity contribution in [1.29, 1.82) is 0 Å². The van der Waals surface area contributed by atoms with Gasteiger partial charge in [0.2, 0.25) is 5.95 Å². The lowest BCUT2D eigenvalue weighted by molar-refractivity contribution is 0.133. The highest BCUT2D eigenvalue weighted by atomic mass is 79.9. The monoisotopic (exact) mass is 403 g/mol. The Labute approximate surface area is 151 Å². The third-order valence-electron chi connectivity index (χ3n) is 4.11. The van der Waals surface area contributed by atoms with Crippen LogP contribution < -0.4 is 16.2 Å². The SMILES string of the molecule is NNc1nc(N2CCOCc3c(Br)cccc32)c2cc(F)ccc2n1. The predicted octanol–water partition coefficient (Wildman–Crippen LogP) is 3.49. The Morgan fingerprint density at radius 3 is 2.96 bits per heavy atom. The third-order valence-corrected chi connectivity index (χ3v) is 4.86. The van der Waals surface area contributed by atoms with E-state index in [2.05, 4.69) is 31.3 Å². The average Bonchev–Trinajstić information content (AvgIpc) is 2.84. The van der Waals surface area contributed by atoms with Gasteiger partial charge in [-0.2, -0.15) is 4.98 Å². The van der Waals surface area contributed by atoms with E-state index in [1.54, 1.807) is 6.07 Å². The molecule has 2 aromatic carbocycles. The zero-order valence-electron chi connectivity index (χ0n) is 13.2. The van der Waals surface area contributed by atoms with E-state index in [1.165, 1.54) is 12.1 Å². The van der Waals surface area contributed by atoms with E-state index < -0.39 is 0 Å². The highest BCUT2D eigenvalue weighted by Gasteiger charge is 2.22. The topological polar surface area (TPSA) is 76.3 Å². The molecular weight excluding hydrogens is 389 g/mol. The Morgan fingerprint density at radius 1 is 1.24 bits per heavy atom. The van der Waals surface area contributed by atoms with E-state index in [1.807, 2.05) is 23.1 Å². The molecule has 0 aliphatic carbocycles. The molecule has 0 bridgehead atoms. The van der Waals surface area contributed by atoms with Crippen molar-refractivity contribution in [2.24, 2.45) is 5.84 Å². The first-order chi connectivity index (χ1) is 12.2. The molecule has 128 valence electrons. The van der Waals surface area contributed by atoms with E-state index in [0.717, 1.165) is 15.7 Å². The van der Waals surface area contributed by atoms with Gasteiger partial charge in [-0.3, -0.25) is 5.43 Å². The van der Waals surface area contributed by atoms with E-state index in [9.17, 15) is 4.39 Å². The second-order valence-corrected chi connectivity index (χ2v) is 6.47. The van der Waals surface area contributed by atoms with Crippen molar-refractivity contribution in [3.05, 3.63) is 52.3 Å². The molecule has 1 aliphatic rings. The van der Waals surface area contributed by atoms with Gasteiger partial charge < -0.3 is 9.64 Å². The molecule has 0 atom stereocenters. The number of fused-ring (bicyclic) bond motifs is 2. The summed E-state index contributed by atoms with van der Waals surface area (Å²) in [7, 11) is 0. The van der Waals surface area contributed by atoms with Gasteiger partial charge in [0.25, 0.3) is 0 Å². The summed E-state index contributed by atoms with van der Waals surface area (Å²) in [5.41, 5.74) is 5.07. The van der Waals surface area contributed by atoms with E-state index in [4.69, 9.17) is 10.6 Å². The molecule has 3 aromatic rings. The zero-order valence-corrected chi connectivity index (χ0v) is 14.8. The Morgan fingerprint density at radius 2 is 2.12 bits per heavy atom. The fourth-order valence-electron chi connectivity index (χ4n) is 2.97. The van der Waals surface area contributed by atoms with Crippen LogP contribution in [0, 0.1) is 5.82 Å². The summed E-state index contributed by atoms with van der Waals surface area (Å²) < 4.78 is 20.5. The summed E-state index contributed by atoms with van der Waals surface area (Å²) in [6.45, 7) is 1.59. The molecule has 0 spiro atoms. The molecule has 3 N–H and O–H groups in total. The number of hydrogen-bond acceptors (Lipinski definition) is 6. The fraction of sp³-hybridized carbons (Fsp3) is 0.176. The van der Waals surface area contributed by atoms with Crippen LogP contribution in [0.4, 0.5) is 21.8 Å². The molecule has 1 aliphatic heterocycles. The lowest BCUT2D eigenvalue weighted by Gasteiger charge is -2.25. The van der Waals surface area contributed by atoms with Crippen LogP contribution in [0.2, 0.25) is 0 Å². The molecule has 25 heavy (non-hydrogen) atoms. The maximum absolute atomic E-state index is 13.9. The van der Waals surface area contributed by atoms with Crippen molar-refractivity contribution in [3.8, 4) is 0 Å². The van der Waals surface area contributed by atoms with Crippen LogP contribution >= 0.6 is 15.9 Å². The minimum absolute atomic E-state index is 0.274. The van der Waals surface area contributed by atoms with Gasteiger partial charge >= 0.3 is 0 Å². The minimum atomic E-state index is -0.341. The largest absolute Gasteiger partial charge is 0.375 e. The second kappa shape index (κ2) is 6.55. The summed E-state index contributed by atoms with van der Waals surface area (Å²) >= 11 is 3.57. The van der Waals surface area contributed by atoms with E-state index in [-0.39, 0.29) is 11.8 Å². The lowest BCUT2D eigenvalue weighted by atomic mass is 10.1. The molecule has 4 rings (SSSR count). The van der Waals surface area contributed by atoms with Crippen molar-refractivity contribution < 1.29 is 9.13 Å². The first-order valence-corrected chi connectivity index (χ1v) is 8.53. The van der Waals surface area contributed by atoms with Crippen LogP contribution in [-0.2, 0) is 11.3 Å². The third kappa shape index (κ3) is 2.92. The number of anilines is 3. The Balaban J connectivity index is 1.98. The highest BCUT2D eigenvalue weighted by molar-refractivity contribution is 9.10. The van der Waals surface area contributed by atoms with Gasteiger partial charge in [-0.25, -0.2) is 15.2 Å². The van der Waals surface area contributed by atoms with Crippen molar-refractivity contribution in [1.82, 2.24) is 9.97 Å². The number of nitrogens with two attached hydrogens (primary N) is 1. The number of hydrazine groups is 1. The number of nitrogens with one attached hydrogen (secondary N) is 1. The smallest absolute Gasteiger partial charge is 0.239 e. The molecule has 6 nitrogen and oxygen atoms in total. The number of nitrogens with zero attached hydrogens (tertiary/aromatic N) is 3. The van der Waals surface area contributed by atoms with Crippen molar-refractivity contribution in [3.63, 3.8) is 0 Å². The first kappa shape index (κ1) is 16.2. The van der Waals surface area contributed by atoms with Gasteiger partial charge in [0.15, 0.2) is 0 Å². The molecule has 0 saturated carbocycles. The summed E-state index contributed by atoms with van der Waals surface area (Å²) in [5, 5.41) is 0.617. The minimum Gasteiger partial charge on any atom is -0.375 e. The van der Waals surface area contributed by atoms with Crippen LogP contribution in [0.25, 0.3) is 10.9 Å². The predicted molar refractivity (Wildman–Crippen MR) is 98.1 cm³/mol. The highest BCUT2D eigenvalue weighted by Crippen LogP contribution is 2.37. The molecule has 0 fully saturated rings. The maximum atomic E-state index is 13.9. The molecular formula is C17H15BrFN5O. The number of benzene rings is 2. The van der Waals surface area contributed by atoms with Crippen LogP contribution in [0.5, 0.6) is 0 Å².